The van der Waals surface area contributed by atoms with Crippen molar-refractivity contribution < 1.29 is 18.0 Å². The van der Waals surface area contributed by atoms with E-state index in [1.807, 2.05) is 70.2 Å². The third-order valence-electron chi connectivity index (χ3n) is 6.10. The first-order valence-corrected chi connectivity index (χ1v) is 15.4. The minimum Gasteiger partial charge on any atom is -0.494 e. The van der Waals surface area contributed by atoms with Gasteiger partial charge in [0, 0.05) is 44.6 Å². The van der Waals surface area contributed by atoms with Crippen molar-refractivity contribution in [3.05, 3.63) is 66.7 Å². The molecule has 2 heterocycles. The van der Waals surface area contributed by atoms with Gasteiger partial charge in [0.15, 0.2) is 0 Å². The zero-order valence-electron chi connectivity index (χ0n) is 24.0. The van der Waals surface area contributed by atoms with Crippen LogP contribution in [0, 0.1) is 0 Å². The molecule has 5 aromatic rings. The topological polar surface area (TPSA) is 94.3 Å². The lowest BCUT2D eigenvalue weighted by molar-refractivity contribution is 0.121. The number of H-pyrrole nitrogens is 2. The highest BCUT2D eigenvalue weighted by Gasteiger charge is 2.36. The van der Waals surface area contributed by atoms with Gasteiger partial charge in [0.05, 0.1) is 28.7 Å². The van der Waals surface area contributed by atoms with Gasteiger partial charge in [-0.05, 0) is 30.7 Å². The Labute approximate surface area is 232 Å². The molecular weight excluding hydrogens is 508 g/mol. The van der Waals surface area contributed by atoms with Gasteiger partial charge in [0.2, 0.25) is 0 Å². The van der Waals surface area contributed by atoms with Crippen molar-refractivity contribution >= 4 is 30.9 Å². The lowest BCUT2D eigenvalue weighted by Gasteiger charge is -2.24. The molecule has 0 bridgehead atoms. The summed E-state index contributed by atoms with van der Waals surface area (Å²) in [7, 11) is 2.29. The number of hydrogen-bond donors (Lipinski definition) is 2. The molecule has 0 spiro atoms. The van der Waals surface area contributed by atoms with Crippen molar-refractivity contribution in [3.8, 4) is 28.5 Å². The molecule has 39 heavy (non-hydrogen) atoms. The second kappa shape index (κ2) is 14.6. The summed E-state index contributed by atoms with van der Waals surface area (Å²) in [6.45, 7) is 8.54. The Bertz CT molecular complexity index is 1390. The Morgan fingerprint density at radius 1 is 0.667 bits per heavy atom. The van der Waals surface area contributed by atoms with Gasteiger partial charge in [-0.1, -0.05) is 64.1 Å². The lowest BCUT2D eigenvalue weighted by atomic mass is 10.1. The number of fused-ring (bicyclic) bond motifs is 2. The number of nitrogens with zero attached hydrogens (tertiary/aromatic N) is 2. The summed E-state index contributed by atoms with van der Waals surface area (Å²) in [6, 6.07) is 22.8. The van der Waals surface area contributed by atoms with E-state index in [4.69, 9.17) is 23.0 Å². The standard InChI is InChI=1S/C26H28N4O4Si.2C2H6/c1-31-35(32-2,33-3)16-6-15-34-20-13-14-23-24(17-20)30-26(29-23)19-11-9-18(10-12-19)25-27-21-7-4-5-8-22(21)28-25;2*1-2/h4-5,7-14,17H,6,15-16H2,1-3H3,(H,27,28)(H,29,30);2*1-2H3. The Morgan fingerprint density at radius 2 is 1.21 bits per heavy atom. The van der Waals surface area contributed by atoms with Gasteiger partial charge in [-0.25, -0.2) is 9.97 Å². The first kappa shape index (κ1) is 30.0. The molecule has 0 atom stereocenters. The minimum atomic E-state index is -2.57. The van der Waals surface area contributed by atoms with Crippen molar-refractivity contribution in [2.24, 2.45) is 0 Å². The molecule has 2 N–H and O–H groups in total. The van der Waals surface area contributed by atoms with Gasteiger partial charge in [0.1, 0.15) is 17.4 Å². The SMILES string of the molecule is CC.CC.CO[Si](CCCOc1ccc2nc(-c3ccc(-c4nc5ccccc5[nH]4)cc3)[nH]c2c1)(OC)OC. The number of benzene rings is 3. The second-order valence-corrected chi connectivity index (χ2v) is 11.3. The third-order valence-corrected chi connectivity index (χ3v) is 8.94. The second-order valence-electron chi connectivity index (χ2n) is 8.19. The monoisotopic (exact) mass is 548 g/mol. The summed E-state index contributed by atoms with van der Waals surface area (Å²) in [5.74, 6) is 2.45. The average Bonchev–Trinajstić information content (AvgIpc) is 3.64. The fourth-order valence-corrected chi connectivity index (χ4v) is 5.82. The summed E-state index contributed by atoms with van der Waals surface area (Å²) >= 11 is 0. The maximum absolute atomic E-state index is 5.94. The van der Waals surface area contributed by atoms with Crippen LogP contribution >= 0.6 is 0 Å². The summed E-state index contributed by atoms with van der Waals surface area (Å²) in [4.78, 5) is 16.2. The highest BCUT2D eigenvalue weighted by molar-refractivity contribution is 6.60. The molecule has 0 aliphatic heterocycles. The quantitative estimate of drug-likeness (QED) is 0.139. The van der Waals surface area contributed by atoms with Crippen LogP contribution in [0.2, 0.25) is 6.04 Å². The molecule has 5 rings (SSSR count). The van der Waals surface area contributed by atoms with Gasteiger partial charge >= 0.3 is 8.80 Å². The van der Waals surface area contributed by atoms with Crippen LogP contribution in [0.25, 0.3) is 44.8 Å². The molecule has 0 aliphatic carbocycles. The number of ether oxygens (including phenoxy) is 1. The van der Waals surface area contributed by atoms with Crippen LogP contribution < -0.4 is 4.74 Å². The average molecular weight is 549 g/mol. The zero-order valence-corrected chi connectivity index (χ0v) is 25.0. The smallest absolute Gasteiger partial charge is 0.494 e. The molecule has 0 fully saturated rings. The maximum atomic E-state index is 5.94. The molecule has 0 saturated carbocycles. The van der Waals surface area contributed by atoms with E-state index in [2.05, 4.69) is 39.2 Å². The Balaban J connectivity index is 0.00000100. The number of nitrogens with one attached hydrogen (secondary N) is 2. The molecule has 208 valence electrons. The van der Waals surface area contributed by atoms with Crippen LogP contribution in [-0.2, 0) is 13.3 Å². The predicted octanol–water partition coefficient (Wildman–Crippen LogP) is 7.47. The van der Waals surface area contributed by atoms with E-state index in [9.17, 15) is 0 Å². The van der Waals surface area contributed by atoms with Gasteiger partial charge in [-0.2, -0.15) is 0 Å². The van der Waals surface area contributed by atoms with Gasteiger partial charge in [-0.15, -0.1) is 0 Å². The number of aromatic nitrogens is 4. The number of rotatable bonds is 10. The molecule has 0 radical (unpaired) electrons. The number of imidazole rings is 2. The van der Waals surface area contributed by atoms with Gasteiger partial charge in [-0.3, -0.25) is 0 Å². The molecule has 0 unspecified atom stereocenters. The largest absolute Gasteiger partial charge is 0.500 e. The fraction of sp³-hybridized carbons (Fsp3) is 0.333. The zero-order chi connectivity index (χ0) is 28.3. The van der Waals surface area contributed by atoms with Crippen molar-refractivity contribution in [3.63, 3.8) is 0 Å². The fourth-order valence-electron chi connectivity index (χ4n) is 4.13. The Kier molecular flexibility index (Phi) is 11.2. The van der Waals surface area contributed by atoms with E-state index < -0.39 is 8.80 Å². The number of para-hydroxylation sites is 2. The van der Waals surface area contributed by atoms with Crippen LogP contribution in [0.1, 0.15) is 34.1 Å². The third kappa shape index (κ3) is 7.13. The van der Waals surface area contributed by atoms with Crippen molar-refractivity contribution in [2.75, 3.05) is 27.9 Å². The molecule has 8 nitrogen and oxygen atoms in total. The molecule has 0 aliphatic rings. The van der Waals surface area contributed by atoms with Crippen molar-refractivity contribution in [2.45, 2.75) is 40.2 Å². The van der Waals surface area contributed by atoms with E-state index in [0.717, 1.165) is 57.0 Å². The molecule has 0 amide bonds. The molecule has 2 aromatic heterocycles. The van der Waals surface area contributed by atoms with Crippen molar-refractivity contribution in [1.82, 2.24) is 19.9 Å². The first-order valence-electron chi connectivity index (χ1n) is 13.5. The maximum Gasteiger partial charge on any atom is 0.500 e. The van der Waals surface area contributed by atoms with E-state index in [1.165, 1.54) is 0 Å². The predicted molar refractivity (Wildman–Crippen MR) is 161 cm³/mol. The van der Waals surface area contributed by atoms with Gasteiger partial charge in [0.25, 0.3) is 0 Å². The van der Waals surface area contributed by atoms with Crippen molar-refractivity contribution in [1.29, 1.82) is 0 Å². The van der Waals surface area contributed by atoms with E-state index >= 15 is 0 Å². The van der Waals surface area contributed by atoms with Crippen LogP contribution in [0.15, 0.2) is 66.7 Å². The Morgan fingerprint density at radius 3 is 1.77 bits per heavy atom. The van der Waals surface area contributed by atoms with Crippen LogP contribution in [0.3, 0.4) is 0 Å². The summed E-state index contributed by atoms with van der Waals surface area (Å²) in [5.41, 5.74) is 5.83. The van der Waals surface area contributed by atoms with Crippen LogP contribution in [-0.4, -0.2) is 56.7 Å². The number of aromatic amines is 2. The number of hydrogen-bond acceptors (Lipinski definition) is 6. The van der Waals surface area contributed by atoms with Crippen LogP contribution in [0.5, 0.6) is 5.75 Å². The van der Waals surface area contributed by atoms with E-state index in [-0.39, 0.29) is 0 Å². The highest BCUT2D eigenvalue weighted by atomic mass is 28.4. The molecule has 0 saturated heterocycles. The highest BCUT2D eigenvalue weighted by Crippen LogP contribution is 2.27. The minimum absolute atomic E-state index is 0.542. The van der Waals surface area contributed by atoms with Crippen LogP contribution in [0.4, 0.5) is 0 Å². The van der Waals surface area contributed by atoms with Gasteiger partial charge < -0.3 is 28.0 Å². The lowest BCUT2D eigenvalue weighted by Crippen LogP contribution is -2.42. The summed E-state index contributed by atoms with van der Waals surface area (Å²) in [6.07, 6.45) is 0.769. The molecular formula is C30H40N4O4Si. The van der Waals surface area contributed by atoms with E-state index in [1.54, 1.807) is 21.3 Å². The van der Waals surface area contributed by atoms with E-state index in [0.29, 0.717) is 12.7 Å². The summed E-state index contributed by atoms with van der Waals surface area (Å²) in [5, 5.41) is 0. The normalized spacial score (nSPS) is 11.1. The molecule has 3 aromatic carbocycles. The Hall–Kier alpha value is -3.50. The summed E-state index contributed by atoms with van der Waals surface area (Å²) < 4.78 is 22.3. The first-order chi connectivity index (χ1) is 19.1. The molecule has 9 heteroatoms.